The normalized spacial score (nSPS) is 10.7. The molecule has 3 rings (SSSR count). The molecule has 0 spiro atoms. The first-order chi connectivity index (χ1) is 7.45. The third kappa shape index (κ3) is 1.27. The number of nitrogens with zero attached hydrogens (tertiary/aromatic N) is 4. The molecule has 0 saturated carbocycles. The van der Waals surface area contributed by atoms with Gasteiger partial charge in [-0.15, -0.1) is 0 Å². The molecule has 4 heteroatoms. The predicted molar refractivity (Wildman–Crippen MR) is 56.2 cm³/mol. The van der Waals surface area contributed by atoms with Crippen LogP contribution in [-0.4, -0.2) is 19.4 Å². The van der Waals surface area contributed by atoms with E-state index < -0.39 is 0 Å². The zero-order chi connectivity index (χ0) is 10.1. The molecule has 0 saturated heterocycles. The first-order valence-corrected chi connectivity index (χ1v) is 4.64. The van der Waals surface area contributed by atoms with Gasteiger partial charge in [-0.2, -0.15) is 0 Å². The van der Waals surface area contributed by atoms with Crippen LogP contribution in [0.5, 0.6) is 0 Å². The summed E-state index contributed by atoms with van der Waals surface area (Å²) in [5.41, 5.74) is 1.85. The van der Waals surface area contributed by atoms with Gasteiger partial charge >= 0.3 is 0 Å². The highest BCUT2D eigenvalue weighted by atomic mass is 15.0. The Morgan fingerprint density at radius 3 is 2.60 bits per heavy atom. The van der Waals surface area contributed by atoms with E-state index in [9.17, 15) is 0 Å². The van der Waals surface area contributed by atoms with Crippen LogP contribution in [0.1, 0.15) is 0 Å². The van der Waals surface area contributed by atoms with E-state index >= 15 is 0 Å². The van der Waals surface area contributed by atoms with Crippen molar-refractivity contribution >= 4 is 5.65 Å². The third-order valence-electron chi connectivity index (χ3n) is 2.22. The molecular formula is C11H8N4. The minimum Gasteiger partial charge on any atom is -0.297 e. The van der Waals surface area contributed by atoms with Crippen LogP contribution < -0.4 is 0 Å². The van der Waals surface area contributed by atoms with Crippen LogP contribution >= 0.6 is 0 Å². The lowest BCUT2D eigenvalue weighted by molar-refractivity contribution is 1.10. The Labute approximate surface area is 86.3 Å². The van der Waals surface area contributed by atoms with Gasteiger partial charge in [-0.25, -0.2) is 15.0 Å². The summed E-state index contributed by atoms with van der Waals surface area (Å²) in [6.07, 6.45) is 7.14. The molecule has 0 N–H and O–H groups in total. The topological polar surface area (TPSA) is 43.1 Å². The van der Waals surface area contributed by atoms with Crippen molar-refractivity contribution in [3.05, 3.63) is 49.1 Å². The number of aromatic nitrogens is 4. The molecule has 0 fully saturated rings. The molecule has 0 amide bonds. The molecule has 15 heavy (non-hydrogen) atoms. The van der Waals surface area contributed by atoms with Crippen molar-refractivity contribution in [2.75, 3.05) is 0 Å². The monoisotopic (exact) mass is 196 g/mol. The standard InChI is InChI=1S/C11H8N4/c1-3-9(11-13-5-2-6-14-11)15-8-7-12-10(15)4-1/h1-8H. The average Bonchev–Trinajstić information content (AvgIpc) is 2.78. The zero-order valence-corrected chi connectivity index (χ0v) is 7.91. The second kappa shape index (κ2) is 3.16. The fourth-order valence-corrected chi connectivity index (χ4v) is 1.56. The number of pyridine rings is 1. The predicted octanol–water partition coefficient (Wildman–Crippen LogP) is 1.79. The van der Waals surface area contributed by atoms with Crippen molar-refractivity contribution in [2.45, 2.75) is 0 Å². The number of fused-ring (bicyclic) bond motifs is 1. The summed E-state index contributed by atoms with van der Waals surface area (Å²) in [4.78, 5) is 12.7. The van der Waals surface area contributed by atoms with Gasteiger partial charge in [0.25, 0.3) is 0 Å². The molecule has 72 valence electrons. The Morgan fingerprint density at radius 1 is 0.867 bits per heavy atom. The van der Waals surface area contributed by atoms with Crippen molar-refractivity contribution in [3.8, 4) is 11.5 Å². The zero-order valence-electron chi connectivity index (χ0n) is 7.91. The molecule has 0 radical (unpaired) electrons. The maximum absolute atomic E-state index is 4.22. The first-order valence-electron chi connectivity index (χ1n) is 4.64. The second-order valence-corrected chi connectivity index (χ2v) is 3.14. The minimum absolute atomic E-state index is 0.709. The first kappa shape index (κ1) is 8.11. The fourth-order valence-electron chi connectivity index (χ4n) is 1.56. The molecule has 3 heterocycles. The number of imidazole rings is 1. The second-order valence-electron chi connectivity index (χ2n) is 3.14. The van der Waals surface area contributed by atoms with Gasteiger partial charge in [0.15, 0.2) is 5.82 Å². The Balaban J connectivity index is 2.31. The Morgan fingerprint density at radius 2 is 1.73 bits per heavy atom. The Kier molecular flexibility index (Phi) is 1.71. The number of hydrogen-bond acceptors (Lipinski definition) is 3. The smallest absolute Gasteiger partial charge is 0.176 e. The summed E-state index contributed by atoms with van der Waals surface area (Å²) < 4.78 is 1.97. The van der Waals surface area contributed by atoms with E-state index in [2.05, 4.69) is 15.0 Å². The Hall–Kier alpha value is -2.23. The third-order valence-corrected chi connectivity index (χ3v) is 2.22. The molecule has 0 bridgehead atoms. The largest absolute Gasteiger partial charge is 0.297 e. The summed E-state index contributed by atoms with van der Waals surface area (Å²) in [6.45, 7) is 0. The highest BCUT2D eigenvalue weighted by molar-refractivity contribution is 5.56. The molecule has 4 nitrogen and oxygen atoms in total. The van der Waals surface area contributed by atoms with Crippen LogP contribution in [0.3, 0.4) is 0 Å². The molecule has 3 aromatic rings. The highest BCUT2D eigenvalue weighted by Crippen LogP contribution is 2.15. The van der Waals surface area contributed by atoms with Crippen LogP contribution in [-0.2, 0) is 0 Å². The minimum atomic E-state index is 0.709. The lowest BCUT2D eigenvalue weighted by Gasteiger charge is -2.02. The van der Waals surface area contributed by atoms with Crippen molar-refractivity contribution in [1.82, 2.24) is 19.4 Å². The summed E-state index contributed by atoms with van der Waals surface area (Å²) in [7, 11) is 0. The molecule has 0 aliphatic rings. The fraction of sp³-hybridized carbons (Fsp3) is 0. The lowest BCUT2D eigenvalue weighted by Crippen LogP contribution is -1.94. The quantitative estimate of drug-likeness (QED) is 0.596. The maximum Gasteiger partial charge on any atom is 0.176 e. The van der Waals surface area contributed by atoms with Crippen LogP contribution in [0.25, 0.3) is 17.2 Å². The van der Waals surface area contributed by atoms with Gasteiger partial charge in [0, 0.05) is 24.8 Å². The van der Waals surface area contributed by atoms with Gasteiger partial charge in [-0.3, -0.25) is 4.40 Å². The molecule has 3 aromatic heterocycles. The number of hydrogen-bond donors (Lipinski definition) is 0. The van der Waals surface area contributed by atoms with E-state index in [1.807, 2.05) is 28.8 Å². The van der Waals surface area contributed by atoms with Gasteiger partial charge in [-0.1, -0.05) is 6.07 Å². The molecule has 0 aromatic carbocycles. The molecular weight excluding hydrogens is 188 g/mol. The van der Waals surface area contributed by atoms with Crippen molar-refractivity contribution < 1.29 is 0 Å². The van der Waals surface area contributed by atoms with Gasteiger partial charge in [0.1, 0.15) is 5.65 Å². The average molecular weight is 196 g/mol. The highest BCUT2D eigenvalue weighted by Gasteiger charge is 2.04. The van der Waals surface area contributed by atoms with Crippen LogP contribution in [0.15, 0.2) is 49.1 Å². The summed E-state index contributed by atoms with van der Waals surface area (Å²) in [5.74, 6) is 0.709. The molecule has 0 aliphatic carbocycles. The van der Waals surface area contributed by atoms with Gasteiger partial charge in [0.05, 0.1) is 5.69 Å². The lowest BCUT2D eigenvalue weighted by atomic mass is 10.3. The summed E-state index contributed by atoms with van der Waals surface area (Å²) >= 11 is 0. The molecule has 0 aliphatic heterocycles. The summed E-state index contributed by atoms with van der Waals surface area (Å²) in [5, 5.41) is 0. The van der Waals surface area contributed by atoms with Crippen molar-refractivity contribution in [3.63, 3.8) is 0 Å². The van der Waals surface area contributed by atoms with Crippen molar-refractivity contribution in [1.29, 1.82) is 0 Å². The van der Waals surface area contributed by atoms with Gasteiger partial charge in [0.2, 0.25) is 0 Å². The van der Waals surface area contributed by atoms with Gasteiger partial charge in [-0.05, 0) is 18.2 Å². The van der Waals surface area contributed by atoms with E-state index in [0.29, 0.717) is 5.82 Å². The van der Waals surface area contributed by atoms with Gasteiger partial charge < -0.3 is 0 Å². The van der Waals surface area contributed by atoms with E-state index in [1.54, 1.807) is 24.7 Å². The summed E-state index contributed by atoms with van der Waals surface area (Å²) in [6, 6.07) is 7.68. The van der Waals surface area contributed by atoms with E-state index in [1.165, 1.54) is 0 Å². The van der Waals surface area contributed by atoms with E-state index in [4.69, 9.17) is 0 Å². The Bertz CT molecular complexity index is 586. The number of rotatable bonds is 1. The molecule has 0 unspecified atom stereocenters. The SMILES string of the molecule is c1cnc(-c2cccc3nccn23)nc1. The van der Waals surface area contributed by atoms with E-state index in [-0.39, 0.29) is 0 Å². The van der Waals surface area contributed by atoms with Crippen molar-refractivity contribution in [2.24, 2.45) is 0 Å². The molecule has 0 atom stereocenters. The van der Waals surface area contributed by atoms with Crippen LogP contribution in [0.4, 0.5) is 0 Å². The maximum atomic E-state index is 4.22. The van der Waals surface area contributed by atoms with E-state index in [0.717, 1.165) is 11.3 Å². The van der Waals surface area contributed by atoms with Crippen LogP contribution in [0, 0.1) is 0 Å². The van der Waals surface area contributed by atoms with Crippen LogP contribution in [0.2, 0.25) is 0 Å².